The lowest BCUT2D eigenvalue weighted by molar-refractivity contribution is 0.518. The van der Waals surface area contributed by atoms with Crippen LogP contribution in [0.2, 0.25) is 0 Å². The van der Waals surface area contributed by atoms with E-state index in [-0.39, 0.29) is 0 Å². The maximum atomic E-state index is 4.54. The zero-order valence-corrected chi connectivity index (χ0v) is 12.8. The van der Waals surface area contributed by atoms with Crippen LogP contribution in [0.5, 0.6) is 0 Å². The molecule has 0 radical (unpaired) electrons. The number of nitrogens with zero attached hydrogens (tertiary/aromatic N) is 1. The third-order valence-corrected chi connectivity index (χ3v) is 4.29. The Hall–Kier alpha value is -1.67. The highest BCUT2D eigenvalue weighted by molar-refractivity contribution is 5.36. The Morgan fingerprint density at radius 1 is 1.14 bits per heavy atom. The predicted octanol–water partition coefficient (Wildman–Crippen LogP) is 3.85. The molecule has 1 aromatic heterocycles. The Morgan fingerprint density at radius 2 is 2.05 bits per heavy atom. The monoisotopic (exact) mass is 280 g/mol. The van der Waals surface area contributed by atoms with Crippen molar-refractivity contribution in [2.45, 2.75) is 45.1 Å². The predicted molar refractivity (Wildman–Crippen MR) is 87.4 cm³/mol. The number of hydrogen-bond acceptors (Lipinski definition) is 2. The van der Waals surface area contributed by atoms with Crippen LogP contribution in [0.3, 0.4) is 0 Å². The van der Waals surface area contributed by atoms with Gasteiger partial charge in [-0.3, -0.25) is 4.98 Å². The van der Waals surface area contributed by atoms with E-state index in [0.29, 0.717) is 6.04 Å². The second-order valence-corrected chi connectivity index (χ2v) is 5.92. The van der Waals surface area contributed by atoms with Crippen LogP contribution >= 0.6 is 0 Å². The third-order valence-electron chi connectivity index (χ3n) is 4.29. The molecule has 21 heavy (non-hydrogen) atoms. The van der Waals surface area contributed by atoms with Gasteiger partial charge in [-0.1, -0.05) is 31.2 Å². The molecular formula is C19H24N2. The third kappa shape index (κ3) is 3.51. The summed E-state index contributed by atoms with van der Waals surface area (Å²) in [6.07, 6.45) is 7.88. The van der Waals surface area contributed by atoms with Crippen LogP contribution < -0.4 is 5.32 Å². The molecule has 1 unspecified atom stereocenters. The first-order valence-electron chi connectivity index (χ1n) is 8.12. The van der Waals surface area contributed by atoms with E-state index in [1.807, 2.05) is 12.3 Å². The SMILES string of the molecule is CCCNC(Cc1ccc2c(c1)CCC2)c1ccccn1. The van der Waals surface area contributed by atoms with Gasteiger partial charge in [-0.25, -0.2) is 0 Å². The van der Waals surface area contributed by atoms with Gasteiger partial charge in [-0.2, -0.15) is 0 Å². The van der Waals surface area contributed by atoms with Crippen molar-refractivity contribution >= 4 is 0 Å². The van der Waals surface area contributed by atoms with Crippen LogP contribution in [0.4, 0.5) is 0 Å². The summed E-state index contributed by atoms with van der Waals surface area (Å²) in [6, 6.07) is 13.5. The number of pyridine rings is 1. The van der Waals surface area contributed by atoms with E-state index in [2.05, 4.69) is 47.6 Å². The minimum atomic E-state index is 0.311. The largest absolute Gasteiger partial charge is 0.308 e. The molecule has 0 fully saturated rings. The van der Waals surface area contributed by atoms with Crippen molar-refractivity contribution in [1.29, 1.82) is 0 Å². The van der Waals surface area contributed by atoms with E-state index < -0.39 is 0 Å². The molecule has 0 saturated heterocycles. The fraction of sp³-hybridized carbons (Fsp3) is 0.421. The first-order chi connectivity index (χ1) is 10.4. The van der Waals surface area contributed by atoms with Gasteiger partial charge in [-0.05, 0) is 67.5 Å². The number of aromatic nitrogens is 1. The molecule has 3 rings (SSSR count). The summed E-state index contributed by atoms with van der Waals surface area (Å²) in [7, 11) is 0. The highest BCUT2D eigenvalue weighted by Crippen LogP contribution is 2.25. The quantitative estimate of drug-likeness (QED) is 0.869. The maximum absolute atomic E-state index is 4.54. The van der Waals surface area contributed by atoms with E-state index in [4.69, 9.17) is 0 Å². The van der Waals surface area contributed by atoms with Gasteiger partial charge in [0, 0.05) is 6.20 Å². The van der Waals surface area contributed by atoms with Crippen molar-refractivity contribution in [3.8, 4) is 0 Å². The van der Waals surface area contributed by atoms with Crippen LogP contribution in [0, 0.1) is 0 Å². The molecule has 1 aromatic carbocycles. The minimum Gasteiger partial charge on any atom is -0.308 e. The molecular weight excluding hydrogens is 256 g/mol. The average molecular weight is 280 g/mol. The van der Waals surface area contributed by atoms with Crippen molar-refractivity contribution in [2.24, 2.45) is 0 Å². The Bertz CT molecular complexity index is 577. The second kappa shape index (κ2) is 6.86. The first kappa shape index (κ1) is 14.3. The topological polar surface area (TPSA) is 24.9 Å². The molecule has 1 N–H and O–H groups in total. The van der Waals surface area contributed by atoms with E-state index in [9.17, 15) is 0 Å². The fourth-order valence-corrected chi connectivity index (χ4v) is 3.17. The number of nitrogens with one attached hydrogen (secondary N) is 1. The number of aryl methyl sites for hydroxylation is 2. The van der Waals surface area contributed by atoms with Gasteiger partial charge in [0.2, 0.25) is 0 Å². The highest BCUT2D eigenvalue weighted by atomic mass is 14.9. The Balaban J connectivity index is 1.77. The van der Waals surface area contributed by atoms with E-state index in [1.54, 1.807) is 11.1 Å². The van der Waals surface area contributed by atoms with Gasteiger partial charge in [0.25, 0.3) is 0 Å². The van der Waals surface area contributed by atoms with Crippen molar-refractivity contribution in [1.82, 2.24) is 10.3 Å². The van der Waals surface area contributed by atoms with Gasteiger partial charge in [0.05, 0.1) is 11.7 Å². The summed E-state index contributed by atoms with van der Waals surface area (Å²) in [5, 5.41) is 3.64. The molecule has 0 spiro atoms. The normalized spacial score (nSPS) is 14.9. The molecule has 1 heterocycles. The molecule has 2 aromatic rings. The van der Waals surface area contributed by atoms with Crippen LogP contribution in [-0.2, 0) is 19.3 Å². The van der Waals surface area contributed by atoms with Crippen molar-refractivity contribution in [3.05, 3.63) is 65.0 Å². The molecule has 1 aliphatic rings. The van der Waals surface area contributed by atoms with E-state index >= 15 is 0 Å². The van der Waals surface area contributed by atoms with Crippen LogP contribution in [-0.4, -0.2) is 11.5 Å². The molecule has 0 saturated carbocycles. The first-order valence-corrected chi connectivity index (χ1v) is 8.12. The summed E-state index contributed by atoms with van der Waals surface area (Å²) in [4.78, 5) is 4.54. The summed E-state index contributed by atoms with van der Waals surface area (Å²) in [5.41, 5.74) is 5.68. The average Bonchev–Trinajstić information content (AvgIpc) is 3.00. The van der Waals surface area contributed by atoms with Crippen molar-refractivity contribution in [2.75, 3.05) is 6.54 Å². The molecule has 110 valence electrons. The smallest absolute Gasteiger partial charge is 0.0576 e. The van der Waals surface area contributed by atoms with Crippen LogP contribution in [0.1, 0.15) is 48.2 Å². The standard InChI is InChI=1S/C19H24N2/c1-2-11-20-19(18-8-3-4-12-21-18)14-15-9-10-16-6-5-7-17(16)13-15/h3-4,8-10,12-13,19-20H,2,5-7,11,14H2,1H3. The zero-order valence-electron chi connectivity index (χ0n) is 12.8. The zero-order chi connectivity index (χ0) is 14.5. The molecule has 0 bridgehead atoms. The summed E-state index contributed by atoms with van der Waals surface area (Å²) < 4.78 is 0. The molecule has 1 aliphatic carbocycles. The number of fused-ring (bicyclic) bond motifs is 1. The van der Waals surface area contributed by atoms with Gasteiger partial charge >= 0.3 is 0 Å². The molecule has 0 amide bonds. The summed E-state index contributed by atoms with van der Waals surface area (Å²) in [5.74, 6) is 0. The minimum absolute atomic E-state index is 0.311. The van der Waals surface area contributed by atoms with Crippen LogP contribution in [0.15, 0.2) is 42.6 Å². The van der Waals surface area contributed by atoms with Crippen molar-refractivity contribution in [3.63, 3.8) is 0 Å². The number of rotatable bonds is 6. The van der Waals surface area contributed by atoms with E-state index in [0.717, 1.165) is 25.1 Å². The number of hydrogen-bond donors (Lipinski definition) is 1. The van der Waals surface area contributed by atoms with E-state index in [1.165, 1.54) is 24.8 Å². The lowest BCUT2D eigenvalue weighted by atomic mass is 9.99. The molecule has 0 aliphatic heterocycles. The lowest BCUT2D eigenvalue weighted by Gasteiger charge is -2.18. The summed E-state index contributed by atoms with van der Waals surface area (Å²) in [6.45, 7) is 3.24. The van der Waals surface area contributed by atoms with Crippen LogP contribution in [0.25, 0.3) is 0 Å². The highest BCUT2D eigenvalue weighted by Gasteiger charge is 2.15. The Morgan fingerprint density at radius 3 is 2.86 bits per heavy atom. The van der Waals surface area contributed by atoms with Gasteiger partial charge in [-0.15, -0.1) is 0 Å². The lowest BCUT2D eigenvalue weighted by Crippen LogP contribution is -2.25. The molecule has 2 nitrogen and oxygen atoms in total. The second-order valence-electron chi connectivity index (χ2n) is 5.92. The summed E-state index contributed by atoms with van der Waals surface area (Å²) >= 11 is 0. The molecule has 1 atom stereocenters. The Labute approximate surface area is 127 Å². The Kier molecular flexibility index (Phi) is 4.66. The number of benzene rings is 1. The fourth-order valence-electron chi connectivity index (χ4n) is 3.17. The molecule has 2 heteroatoms. The van der Waals surface area contributed by atoms with Crippen molar-refractivity contribution < 1.29 is 0 Å². The van der Waals surface area contributed by atoms with Gasteiger partial charge in [0.15, 0.2) is 0 Å². The van der Waals surface area contributed by atoms with Gasteiger partial charge < -0.3 is 5.32 Å². The van der Waals surface area contributed by atoms with Gasteiger partial charge in [0.1, 0.15) is 0 Å². The maximum Gasteiger partial charge on any atom is 0.0576 e.